The van der Waals surface area contributed by atoms with Crippen molar-refractivity contribution in [2.75, 3.05) is 13.1 Å². The molecule has 1 N–H and O–H groups in total. The Morgan fingerprint density at radius 3 is 2.96 bits per heavy atom. The maximum absolute atomic E-state index is 12.5. The highest BCUT2D eigenvalue weighted by atomic mass is 16.4. The summed E-state index contributed by atoms with van der Waals surface area (Å²) in [7, 11) is 0. The van der Waals surface area contributed by atoms with Gasteiger partial charge in [-0.3, -0.25) is 9.89 Å². The SMILES string of the molecule is Cc1cn[nH]c1[C@@H]1CCCN(C(=O)CCc2nnc(C(C)C)o2)C1. The van der Waals surface area contributed by atoms with E-state index in [0.29, 0.717) is 30.5 Å². The van der Waals surface area contributed by atoms with Crippen LogP contribution in [0.3, 0.4) is 0 Å². The van der Waals surface area contributed by atoms with Crippen molar-refractivity contribution in [3.05, 3.63) is 29.2 Å². The first-order chi connectivity index (χ1) is 11.5. The number of hydrogen-bond acceptors (Lipinski definition) is 5. The number of nitrogens with zero attached hydrogens (tertiary/aromatic N) is 4. The van der Waals surface area contributed by atoms with Crippen molar-refractivity contribution >= 4 is 5.91 Å². The summed E-state index contributed by atoms with van der Waals surface area (Å²) in [6.07, 6.45) is 4.87. The Bertz CT molecular complexity index is 691. The minimum atomic E-state index is 0.154. The highest BCUT2D eigenvalue weighted by molar-refractivity contribution is 5.76. The lowest BCUT2D eigenvalue weighted by Crippen LogP contribution is -2.39. The molecule has 0 spiro atoms. The summed E-state index contributed by atoms with van der Waals surface area (Å²) in [5, 5.41) is 15.2. The molecule has 130 valence electrons. The van der Waals surface area contributed by atoms with Crippen molar-refractivity contribution in [3.63, 3.8) is 0 Å². The number of piperidine rings is 1. The van der Waals surface area contributed by atoms with E-state index in [4.69, 9.17) is 4.42 Å². The third kappa shape index (κ3) is 3.66. The minimum absolute atomic E-state index is 0.154. The molecule has 2 aromatic rings. The molecule has 24 heavy (non-hydrogen) atoms. The van der Waals surface area contributed by atoms with E-state index < -0.39 is 0 Å². The lowest BCUT2D eigenvalue weighted by Gasteiger charge is -2.32. The maximum Gasteiger partial charge on any atom is 0.223 e. The van der Waals surface area contributed by atoms with Gasteiger partial charge in [0.15, 0.2) is 0 Å². The van der Waals surface area contributed by atoms with Crippen molar-refractivity contribution in [3.8, 4) is 0 Å². The van der Waals surface area contributed by atoms with E-state index in [-0.39, 0.29) is 11.8 Å². The Hall–Kier alpha value is -2.18. The van der Waals surface area contributed by atoms with E-state index in [1.807, 2.05) is 24.9 Å². The zero-order valence-corrected chi connectivity index (χ0v) is 14.6. The van der Waals surface area contributed by atoms with Crippen LogP contribution >= 0.6 is 0 Å². The molecule has 1 aliphatic heterocycles. The average Bonchev–Trinajstić information content (AvgIpc) is 3.21. The van der Waals surface area contributed by atoms with Gasteiger partial charge < -0.3 is 9.32 Å². The van der Waals surface area contributed by atoms with Crippen LogP contribution in [0.4, 0.5) is 0 Å². The number of rotatable bonds is 5. The Labute approximate surface area is 141 Å². The van der Waals surface area contributed by atoms with Gasteiger partial charge in [-0.15, -0.1) is 10.2 Å². The van der Waals surface area contributed by atoms with Gasteiger partial charge in [-0.2, -0.15) is 5.10 Å². The summed E-state index contributed by atoms with van der Waals surface area (Å²) >= 11 is 0. The van der Waals surface area contributed by atoms with Crippen LogP contribution in [0.5, 0.6) is 0 Å². The third-order valence-corrected chi connectivity index (χ3v) is 4.58. The number of hydrogen-bond donors (Lipinski definition) is 1. The number of amides is 1. The van der Waals surface area contributed by atoms with Crippen LogP contribution < -0.4 is 0 Å². The fourth-order valence-corrected chi connectivity index (χ4v) is 3.18. The lowest BCUT2D eigenvalue weighted by molar-refractivity contribution is -0.132. The van der Waals surface area contributed by atoms with Crippen molar-refractivity contribution in [1.29, 1.82) is 0 Å². The first-order valence-electron chi connectivity index (χ1n) is 8.64. The normalized spacial score (nSPS) is 18.3. The number of H-pyrrole nitrogens is 1. The number of carbonyl (C=O) groups is 1. The highest BCUT2D eigenvalue weighted by Gasteiger charge is 2.26. The van der Waals surface area contributed by atoms with E-state index in [0.717, 1.165) is 31.6 Å². The maximum atomic E-state index is 12.5. The van der Waals surface area contributed by atoms with Crippen molar-refractivity contribution in [1.82, 2.24) is 25.3 Å². The van der Waals surface area contributed by atoms with Crippen LogP contribution in [0.15, 0.2) is 10.6 Å². The summed E-state index contributed by atoms with van der Waals surface area (Å²) in [5.74, 6) is 1.89. The van der Waals surface area contributed by atoms with Crippen molar-refractivity contribution in [2.24, 2.45) is 0 Å². The molecule has 1 atom stereocenters. The Balaban J connectivity index is 1.55. The quantitative estimate of drug-likeness (QED) is 0.909. The zero-order chi connectivity index (χ0) is 17.1. The topological polar surface area (TPSA) is 87.9 Å². The Morgan fingerprint density at radius 2 is 2.29 bits per heavy atom. The van der Waals surface area contributed by atoms with E-state index in [1.54, 1.807) is 0 Å². The highest BCUT2D eigenvalue weighted by Crippen LogP contribution is 2.27. The number of aromatic amines is 1. The molecular weight excluding hydrogens is 306 g/mol. The predicted octanol–water partition coefficient (Wildman–Crippen LogP) is 2.56. The second-order valence-electron chi connectivity index (χ2n) is 6.83. The molecule has 0 aliphatic carbocycles. The van der Waals surface area contributed by atoms with Crippen LogP contribution in [0.1, 0.15) is 68.0 Å². The third-order valence-electron chi connectivity index (χ3n) is 4.58. The Morgan fingerprint density at radius 1 is 1.46 bits per heavy atom. The van der Waals surface area contributed by atoms with Crippen molar-refractivity contribution in [2.45, 2.75) is 58.3 Å². The predicted molar refractivity (Wildman–Crippen MR) is 88.6 cm³/mol. The molecule has 0 saturated carbocycles. The molecule has 0 bridgehead atoms. The molecule has 1 saturated heterocycles. The number of nitrogens with one attached hydrogen (secondary N) is 1. The minimum Gasteiger partial charge on any atom is -0.425 e. The molecule has 7 heteroatoms. The molecule has 3 heterocycles. The zero-order valence-electron chi connectivity index (χ0n) is 14.6. The second kappa shape index (κ2) is 7.15. The molecule has 3 rings (SSSR count). The smallest absolute Gasteiger partial charge is 0.223 e. The fourth-order valence-electron chi connectivity index (χ4n) is 3.18. The van der Waals surface area contributed by atoms with Gasteiger partial charge in [-0.05, 0) is 25.3 Å². The standard InChI is InChI=1S/C17H25N5O2/c1-11(2)17-21-19-14(24-17)6-7-15(23)22-8-4-5-13(10-22)16-12(3)9-18-20-16/h9,11,13H,4-8,10H2,1-3H3,(H,18,20)/t13-/m1/s1. The first-order valence-corrected chi connectivity index (χ1v) is 8.64. The van der Waals surface area contributed by atoms with E-state index in [2.05, 4.69) is 27.3 Å². The van der Waals surface area contributed by atoms with Crippen LogP contribution in [-0.2, 0) is 11.2 Å². The van der Waals surface area contributed by atoms with Gasteiger partial charge in [-0.1, -0.05) is 13.8 Å². The molecule has 0 unspecified atom stereocenters. The summed E-state index contributed by atoms with van der Waals surface area (Å²) in [4.78, 5) is 14.5. The van der Waals surface area contributed by atoms with Gasteiger partial charge >= 0.3 is 0 Å². The summed E-state index contributed by atoms with van der Waals surface area (Å²) in [6, 6.07) is 0. The molecule has 1 aliphatic rings. The summed E-state index contributed by atoms with van der Waals surface area (Å²) < 4.78 is 5.57. The van der Waals surface area contributed by atoms with E-state index in [9.17, 15) is 4.79 Å². The van der Waals surface area contributed by atoms with Crippen LogP contribution in [0, 0.1) is 6.92 Å². The summed E-state index contributed by atoms with van der Waals surface area (Å²) in [6.45, 7) is 7.65. The number of aryl methyl sites for hydroxylation is 2. The van der Waals surface area contributed by atoms with Gasteiger partial charge in [0.05, 0.1) is 6.20 Å². The van der Waals surface area contributed by atoms with E-state index in [1.165, 1.54) is 5.56 Å². The van der Waals surface area contributed by atoms with Gasteiger partial charge in [0.2, 0.25) is 17.7 Å². The number of likely N-dealkylation sites (tertiary alicyclic amines) is 1. The summed E-state index contributed by atoms with van der Waals surface area (Å²) in [5.41, 5.74) is 2.33. The average molecular weight is 331 g/mol. The van der Waals surface area contributed by atoms with Crippen LogP contribution in [0.2, 0.25) is 0 Å². The van der Waals surface area contributed by atoms with Gasteiger partial charge in [0.1, 0.15) is 0 Å². The molecule has 1 fully saturated rings. The number of carbonyl (C=O) groups excluding carboxylic acids is 1. The monoisotopic (exact) mass is 331 g/mol. The van der Waals surface area contributed by atoms with Gasteiger partial charge in [0, 0.05) is 43.5 Å². The molecule has 0 aromatic carbocycles. The molecule has 1 amide bonds. The molecular formula is C17H25N5O2. The molecule has 0 radical (unpaired) electrons. The largest absolute Gasteiger partial charge is 0.425 e. The van der Waals surface area contributed by atoms with E-state index >= 15 is 0 Å². The lowest BCUT2D eigenvalue weighted by atomic mass is 9.92. The fraction of sp³-hybridized carbons (Fsp3) is 0.647. The van der Waals surface area contributed by atoms with Gasteiger partial charge in [-0.25, -0.2) is 0 Å². The Kier molecular flexibility index (Phi) is 4.97. The second-order valence-corrected chi connectivity index (χ2v) is 6.83. The van der Waals surface area contributed by atoms with Crippen molar-refractivity contribution < 1.29 is 9.21 Å². The van der Waals surface area contributed by atoms with Crippen LogP contribution in [0.25, 0.3) is 0 Å². The molecule has 2 aromatic heterocycles. The first kappa shape index (κ1) is 16.7. The van der Waals surface area contributed by atoms with Crippen LogP contribution in [-0.4, -0.2) is 44.3 Å². The van der Waals surface area contributed by atoms with Gasteiger partial charge in [0.25, 0.3) is 0 Å². The number of aromatic nitrogens is 4. The molecule has 7 nitrogen and oxygen atoms in total.